The maximum absolute atomic E-state index is 12.6. The first-order chi connectivity index (χ1) is 15.5. The number of nitrogens with zero attached hydrogens (tertiary/aromatic N) is 2. The summed E-state index contributed by atoms with van der Waals surface area (Å²) in [7, 11) is 0. The molecule has 0 bridgehead atoms. The SMILES string of the molecule is Cc1ccc(Cc2cnc(NC(=O)C(C#N)=Cc3ccc(-c4cccc(Cl)c4)o3)s2)cc1. The molecular weight excluding hydrogens is 442 g/mol. The minimum atomic E-state index is -0.538. The number of halogens is 1. The summed E-state index contributed by atoms with van der Waals surface area (Å²) in [5, 5.41) is 13.2. The van der Waals surface area contributed by atoms with Crippen LogP contribution in [0, 0.1) is 18.3 Å². The lowest BCUT2D eigenvalue weighted by molar-refractivity contribution is -0.112. The van der Waals surface area contributed by atoms with Gasteiger partial charge < -0.3 is 4.42 Å². The molecule has 0 spiro atoms. The van der Waals surface area contributed by atoms with Crippen molar-refractivity contribution < 1.29 is 9.21 Å². The lowest BCUT2D eigenvalue weighted by Gasteiger charge is -2.00. The fourth-order valence-electron chi connectivity index (χ4n) is 3.04. The summed E-state index contributed by atoms with van der Waals surface area (Å²) in [4.78, 5) is 17.9. The number of rotatable bonds is 6. The number of thiazole rings is 1. The second-order valence-corrected chi connectivity index (χ2v) is 8.68. The van der Waals surface area contributed by atoms with Gasteiger partial charge in [-0.05, 0) is 36.8 Å². The zero-order valence-electron chi connectivity index (χ0n) is 17.1. The van der Waals surface area contributed by atoms with Crippen LogP contribution >= 0.6 is 22.9 Å². The Morgan fingerprint density at radius 3 is 2.78 bits per heavy atom. The number of benzene rings is 2. The van der Waals surface area contributed by atoms with Gasteiger partial charge in [0, 0.05) is 34.2 Å². The second-order valence-electron chi connectivity index (χ2n) is 7.13. The molecule has 0 unspecified atom stereocenters. The Bertz CT molecular complexity index is 1330. The van der Waals surface area contributed by atoms with E-state index < -0.39 is 5.91 Å². The number of hydrogen-bond acceptors (Lipinski definition) is 5. The standard InChI is InChI=1S/C25H18ClN3O2S/c1-16-5-7-17(8-6-16)11-22-15-28-25(32-22)29-24(30)19(14-27)13-21-9-10-23(31-21)18-3-2-4-20(26)12-18/h2-10,12-13,15H,11H2,1H3,(H,28,29,30). The monoisotopic (exact) mass is 459 g/mol. The van der Waals surface area contributed by atoms with Gasteiger partial charge in [0.25, 0.3) is 5.91 Å². The molecule has 0 saturated heterocycles. The Labute approximate surface area is 194 Å². The van der Waals surface area contributed by atoms with Crippen molar-refractivity contribution in [2.24, 2.45) is 0 Å². The first kappa shape index (κ1) is 21.6. The molecule has 4 aromatic rings. The molecule has 0 radical (unpaired) electrons. The number of aryl methyl sites for hydroxylation is 1. The van der Waals surface area contributed by atoms with Gasteiger partial charge in [0.1, 0.15) is 23.2 Å². The van der Waals surface area contributed by atoms with Crippen LogP contribution in [0.5, 0.6) is 0 Å². The van der Waals surface area contributed by atoms with Crippen LogP contribution in [0.3, 0.4) is 0 Å². The van der Waals surface area contributed by atoms with Crippen LogP contribution in [0.4, 0.5) is 5.13 Å². The number of nitrogens with one attached hydrogen (secondary N) is 1. The number of carbonyl (C=O) groups excluding carboxylic acids is 1. The molecule has 2 heterocycles. The molecule has 1 amide bonds. The van der Waals surface area contributed by atoms with Crippen molar-refractivity contribution in [3.63, 3.8) is 0 Å². The van der Waals surface area contributed by atoms with Gasteiger partial charge in [-0.1, -0.05) is 53.6 Å². The van der Waals surface area contributed by atoms with E-state index in [1.165, 1.54) is 28.5 Å². The number of furan rings is 1. The van der Waals surface area contributed by atoms with E-state index >= 15 is 0 Å². The van der Waals surface area contributed by atoms with E-state index in [9.17, 15) is 10.1 Å². The number of nitriles is 1. The number of aromatic nitrogens is 1. The molecule has 0 saturated carbocycles. The Balaban J connectivity index is 1.44. The number of carbonyl (C=O) groups is 1. The van der Waals surface area contributed by atoms with Crippen LogP contribution < -0.4 is 5.32 Å². The van der Waals surface area contributed by atoms with Crippen molar-refractivity contribution in [3.8, 4) is 17.4 Å². The molecule has 0 aliphatic heterocycles. The third-order valence-corrected chi connectivity index (χ3v) is 5.81. The fourth-order valence-corrected chi connectivity index (χ4v) is 4.07. The van der Waals surface area contributed by atoms with Crippen LogP contribution in [0.15, 0.2) is 76.9 Å². The molecule has 5 nitrogen and oxygen atoms in total. The van der Waals surface area contributed by atoms with Gasteiger partial charge in [-0.15, -0.1) is 11.3 Å². The Hall–Kier alpha value is -3.66. The highest BCUT2D eigenvalue weighted by molar-refractivity contribution is 7.15. The van der Waals surface area contributed by atoms with Gasteiger partial charge in [-0.3, -0.25) is 10.1 Å². The Morgan fingerprint density at radius 2 is 2.03 bits per heavy atom. The average molecular weight is 460 g/mol. The molecule has 0 aliphatic rings. The summed E-state index contributed by atoms with van der Waals surface area (Å²) in [5.41, 5.74) is 3.11. The predicted octanol–water partition coefficient (Wildman–Crippen LogP) is 6.50. The largest absolute Gasteiger partial charge is 0.457 e. The van der Waals surface area contributed by atoms with Crippen molar-refractivity contribution in [1.82, 2.24) is 4.98 Å². The summed E-state index contributed by atoms with van der Waals surface area (Å²) < 4.78 is 5.76. The van der Waals surface area contributed by atoms with E-state index in [2.05, 4.69) is 34.6 Å². The average Bonchev–Trinajstić information content (AvgIpc) is 3.43. The summed E-state index contributed by atoms with van der Waals surface area (Å²) >= 11 is 7.41. The molecular formula is C25H18ClN3O2S. The lowest BCUT2D eigenvalue weighted by atomic mass is 10.1. The van der Waals surface area contributed by atoms with Crippen molar-refractivity contribution in [3.05, 3.63) is 99.2 Å². The fraction of sp³-hybridized carbons (Fsp3) is 0.0800. The van der Waals surface area contributed by atoms with Crippen molar-refractivity contribution in [2.75, 3.05) is 5.32 Å². The number of amides is 1. The molecule has 7 heteroatoms. The van der Waals surface area contributed by atoms with Gasteiger partial charge >= 0.3 is 0 Å². The van der Waals surface area contributed by atoms with E-state index in [1.54, 1.807) is 30.5 Å². The minimum absolute atomic E-state index is 0.0766. The van der Waals surface area contributed by atoms with Crippen LogP contribution in [-0.4, -0.2) is 10.9 Å². The molecule has 158 valence electrons. The molecule has 32 heavy (non-hydrogen) atoms. The predicted molar refractivity (Wildman–Crippen MR) is 127 cm³/mol. The van der Waals surface area contributed by atoms with Crippen LogP contribution in [0.1, 0.15) is 21.8 Å². The van der Waals surface area contributed by atoms with Crippen LogP contribution in [0.25, 0.3) is 17.4 Å². The maximum Gasteiger partial charge on any atom is 0.268 e. The summed E-state index contributed by atoms with van der Waals surface area (Å²) in [6.45, 7) is 2.05. The molecule has 2 aromatic heterocycles. The zero-order valence-corrected chi connectivity index (χ0v) is 18.7. The zero-order chi connectivity index (χ0) is 22.5. The third-order valence-electron chi connectivity index (χ3n) is 4.66. The van der Waals surface area contributed by atoms with Crippen LogP contribution in [-0.2, 0) is 11.2 Å². The molecule has 0 atom stereocenters. The Morgan fingerprint density at radius 1 is 1.22 bits per heavy atom. The topological polar surface area (TPSA) is 78.9 Å². The summed E-state index contributed by atoms with van der Waals surface area (Å²) in [6.07, 6.45) is 3.87. The van der Waals surface area contributed by atoms with E-state index in [4.69, 9.17) is 16.0 Å². The summed E-state index contributed by atoms with van der Waals surface area (Å²) in [5.74, 6) is 0.451. The molecule has 2 aromatic carbocycles. The van der Waals surface area contributed by atoms with E-state index in [0.29, 0.717) is 21.7 Å². The molecule has 4 rings (SSSR count). The smallest absolute Gasteiger partial charge is 0.268 e. The van der Waals surface area contributed by atoms with Crippen molar-refractivity contribution in [1.29, 1.82) is 5.26 Å². The number of hydrogen-bond donors (Lipinski definition) is 1. The van der Waals surface area contributed by atoms with Gasteiger partial charge in [-0.25, -0.2) is 4.98 Å². The first-order valence-corrected chi connectivity index (χ1v) is 11.0. The normalized spacial score (nSPS) is 11.2. The van der Waals surface area contributed by atoms with Gasteiger partial charge in [0.15, 0.2) is 5.13 Å². The van der Waals surface area contributed by atoms with E-state index in [0.717, 1.165) is 16.9 Å². The van der Waals surface area contributed by atoms with Crippen LogP contribution in [0.2, 0.25) is 5.02 Å². The van der Waals surface area contributed by atoms with Crippen molar-refractivity contribution >= 4 is 40.1 Å². The van der Waals surface area contributed by atoms with Gasteiger partial charge in [-0.2, -0.15) is 5.26 Å². The third kappa shape index (κ3) is 5.33. The first-order valence-electron chi connectivity index (χ1n) is 9.79. The number of anilines is 1. The highest BCUT2D eigenvalue weighted by Gasteiger charge is 2.14. The second kappa shape index (κ2) is 9.65. The molecule has 0 fully saturated rings. The Kier molecular flexibility index (Phi) is 6.50. The lowest BCUT2D eigenvalue weighted by Crippen LogP contribution is -2.13. The minimum Gasteiger partial charge on any atom is -0.457 e. The molecule has 0 aliphatic carbocycles. The highest BCUT2D eigenvalue weighted by Crippen LogP contribution is 2.26. The summed E-state index contributed by atoms with van der Waals surface area (Å²) in [6, 6.07) is 20.9. The highest BCUT2D eigenvalue weighted by atomic mass is 35.5. The quantitative estimate of drug-likeness (QED) is 0.263. The van der Waals surface area contributed by atoms with E-state index in [-0.39, 0.29) is 5.57 Å². The van der Waals surface area contributed by atoms with Gasteiger partial charge in [0.2, 0.25) is 0 Å². The van der Waals surface area contributed by atoms with Gasteiger partial charge in [0.05, 0.1) is 0 Å². The maximum atomic E-state index is 12.6. The molecule has 1 N–H and O–H groups in total. The van der Waals surface area contributed by atoms with E-state index in [1.807, 2.05) is 25.1 Å². The van der Waals surface area contributed by atoms with Crippen molar-refractivity contribution in [2.45, 2.75) is 13.3 Å².